The fraction of sp³-hybridized carbons (Fsp3) is 0.706. The molecule has 3 heteroatoms. The highest BCUT2D eigenvalue weighted by atomic mass is 15.2. The van der Waals surface area contributed by atoms with E-state index in [4.69, 9.17) is 0 Å². The van der Waals surface area contributed by atoms with Gasteiger partial charge in [0.2, 0.25) is 0 Å². The average molecular weight is 277 g/mol. The molecule has 0 spiro atoms. The second kappa shape index (κ2) is 8.25. The maximum absolute atomic E-state index is 4.67. The quantitative estimate of drug-likeness (QED) is 0.782. The number of nitrogens with one attached hydrogen (secondary N) is 1. The Labute approximate surface area is 124 Å². The van der Waals surface area contributed by atoms with Crippen LogP contribution in [0.4, 0.5) is 5.82 Å². The number of pyridine rings is 1. The first-order chi connectivity index (χ1) is 9.43. The van der Waals surface area contributed by atoms with Gasteiger partial charge in [-0.25, -0.2) is 4.98 Å². The van der Waals surface area contributed by atoms with Crippen LogP contribution in [0.25, 0.3) is 0 Å². The molecule has 0 bridgehead atoms. The van der Waals surface area contributed by atoms with Crippen molar-refractivity contribution in [3.8, 4) is 0 Å². The van der Waals surface area contributed by atoms with Crippen LogP contribution in [0, 0.1) is 11.8 Å². The Bertz CT molecular complexity index is 360. The predicted octanol–water partition coefficient (Wildman–Crippen LogP) is 3.87. The number of anilines is 1. The van der Waals surface area contributed by atoms with Gasteiger partial charge in [0.1, 0.15) is 5.82 Å². The molecule has 1 aromatic heterocycles. The van der Waals surface area contributed by atoms with Crippen molar-refractivity contribution in [1.29, 1.82) is 0 Å². The molecule has 0 saturated heterocycles. The fourth-order valence-electron chi connectivity index (χ4n) is 2.41. The van der Waals surface area contributed by atoms with Crippen molar-refractivity contribution in [1.82, 2.24) is 10.3 Å². The van der Waals surface area contributed by atoms with Crippen molar-refractivity contribution in [3.05, 3.63) is 23.9 Å². The van der Waals surface area contributed by atoms with E-state index in [9.17, 15) is 0 Å². The van der Waals surface area contributed by atoms with Gasteiger partial charge in [-0.1, -0.05) is 40.7 Å². The van der Waals surface area contributed by atoms with Crippen LogP contribution in [-0.2, 0) is 0 Å². The van der Waals surface area contributed by atoms with E-state index < -0.39 is 0 Å². The molecule has 0 radical (unpaired) electrons. The third-order valence-electron chi connectivity index (χ3n) is 3.28. The molecule has 0 amide bonds. The van der Waals surface area contributed by atoms with Crippen molar-refractivity contribution < 1.29 is 0 Å². The smallest absolute Gasteiger partial charge is 0.128 e. The predicted molar refractivity (Wildman–Crippen MR) is 88.2 cm³/mol. The molecule has 0 aliphatic carbocycles. The molecule has 1 aromatic rings. The second-order valence-electron chi connectivity index (χ2n) is 6.42. The van der Waals surface area contributed by atoms with Crippen molar-refractivity contribution in [2.75, 3.05) is 24.5 Å². The number of rotatable bonds is 8. The minimum atomic E-state index is 0.366. The topological polar surface area (TPSA) is 28.2 Å². The lowest BCUT2D eigenvalue weighted by molar-refractivity contribution is 0.548. The van der Waals surface area contributed by atoms with Gasteiger partial charge in [0.05, 0.1) is 0 Å². The summed E-state index contributed by atoms with van der Waals surface area (Å²) in [6.45, 7) is 16.5. The summed E-state index contributed by atoms with van der Waals surface area (Å²) in [7, 11) is 0. The molecule has 20 heavy (non-hydrogen) atoms. The van der Waals surface area contributed by atoms with Crippen LogP contribution in [-0.4, -0.2) is 24.6 Å². The van der Waals surface area contributed by atoms with Crippen molar-refractivity contribution in [2.45, 2.75) is 47.6 Å². The minimum absolute atomic E-state index is 0.366. The molecule has 114 valence electrons. The van der Waals surface area contributed by atoms with Gasteiger partial charge in [-0.3, -0.25) is 0 Å². The van der Waals surface area contributed by atoms with E-state index in [-0.39, 0.29) is 0 Å². The van der Waals surface area contributed by atoms with Gasteiger partial charge >= 0.3 is 0 Å². The molecule has 1 rings (SSSR count). The molecule has 1 N–H and O–H groups in total. The Balaban J connectivity index is 2.81. The maximum Gasteiger partial charge on any atom is 0.128 e. The van der Waals surface area contributed by atoms with E-state index in [0.29, 0.717) is 17.9 Å². The molecule has 0 aliphatic rings. The van der Waals surface area contributed by atoms with Crippen LogP contribution in [0.1, 0.15) is 53.1 Å². The van der Waals surface area contributed by atoms with E-state index in [1.165, 1.54) is 5.56 Å². The summed E-state index contributed by atoms with van der Waals surface area (Å²) >= 11 is 0. The van der Waals surface area contributed by atoms with E-state index >= 15 is 0 Å². The first kappa shape index (κ1) is 17.0. The summed E-state index contributed by atoms with van der Waals surface area (Å²) in [6.07, 6.45) is 2.01. The van der Waals surface area contributed by atoms with Gasteiger partial charge in [-0.15, -0.1) is 0 Å². The van der Waals surface area contributed by atoms with E-state index in [0.717, 1.165) is 25.5 Å². The number of hydrogen-bond acceptors (Lipinski definition) is 3. The van der Waals surface area contributed by atoms with Crippen LogP contribution in [0.2, 0.25) is 0 Å². The van der Waals surface area contributed by atoms with Gasteiger partial charge in [0.15, 0.2) is 0 Å². The highest BCUT2D eigenvalue weighted by Gasteiger charge is 2.12. The largest absolute Gasteiger partial charge is 0.356 e. The highest BCUT2D eigenvalue weighted by molar-refractivity contribution is 5.40. The van der Waals surface area contributed by atoms with Gasteiger partial charge < -0.3 is 10.2 Å². The zero-order valence-corrected chi connectivity index (χ0v) is 14.0. The van der Waals surface area contributed by atoms with E-state index in [1.807, 2.05) is 6.20 Å². The number of nitrogens with zero attached hydrogens (tertiary/aromatic N) is 2. The van der Waals surface area contributed by atoms with Crippen LogP contribution in [0.15, 0.2) is 18.3 Å². The number of aromatic nitrogens is 1. The number of hydrogen-bond donors (Lipinski definition) is 1. The molecule has 0 aliphatic heterocycles. The summed E-state index contributed by atoms with van der Waals surface area (Å²) in [4.78, 5) is 7.07. The third kappa shape index (κ3) is 5.49. The fourth-order valence-corrected chi connectivity index (χ4v) is 2.41. The Morgan fingerprint density at radius 3 is 2.05 bits per heavy atom. The lowest BCUT2D eigenvalue weighted by atomic mass is 10.1. The lowest BCUT2D eigenvalue weighted by Gasteiger charge is -2.27. The van der Waals surface area contributed by atoms with Gasteiger partial charge in [-0.05, 0) is 36.9 Å². The Kier molecular flexibility index (Phi) is 7.00. The summed E-state index contributed by atoms with van der Waals surface area (Å²) in [5.74, 6) is 2.40. The minimum Gasteiger partial charge on any atom is -0.356 e. The Morgan fingerprint density at radius 1 is 1.05 bits per heavy atom. The lowest BCUT2D eigenvalue weighted by Crippen LogP contribution is -2.32. The van der Waals surface area contributed by atoms with Crippen molar-refractivity contribution >= 4 is 5.82 Å². The van der Waals surface area contributed by atoms with Crippen LogP contribution < -0.4 is 10.2 Å². The Hall–Kier alpha value is -1.09. The zero-order chi connectivity index (χ0) is 15.1. The van der Waals surface area contributed by atoms with Crippen LogP contribution in [0.3, 0.4) is 0 Å². The first-order valence-electron chi connectivity index (χ1n) is 7.88. The summed E-state index contributed by atoms with van der Waals surface area (Å²) in [5, 5.41) is 3.42. The molecule has 1 unspecified atom stereocenters. The summed E-state index contributed by atoms with van der Waals surface area (Å²) in [5.41, 5.74) is 1.25. The average Bonchev–Trinajstić information content (AvgIpc) is 2.37. The maximum atomic E-state index is 4.67. The molecule has 1 heterocycles. The molecule has 0 fully saturated rings. The summed E-state index contributed by atoms with van der Waals surface area (Å²) < 4.78 is 0. The molecule has 3 nitrogen and oxygen atoms in total. The molecular formula is C17H31N3. The van der Waals surface area contributed by atoms with Crippen molar-refractivity contribution in [2.24, 2.45) is 11.8 Å². The summed E-state index contributed by atoms with van der Waals surface area (Å²) in [6, 6.07) is 4.72. The van der Waals surface area contributed by atoms with Crippen molar-refractivity contribution in [3.63, 3.8) is 0 Å². The molecule has 1 atom stereocenters. The van der Waals surface area contributed by atoms with E-state index in [1.54, 1.807) is 0 Å². The zero-order valence-electron chi connectivity index (χ0n) is 14.0. The van der Waals surface area contributed by atoms with Gasteiger partial charge in [0, 0.05) is 25.3 Å². The van der Waals surface area contributed by atoms with Crippen LogP contribution in [0.5, 0.6) is 0 Å². The van der Waals surface area contributed by atoms with Gasteiger partial charge in [0.25, 0.3) is 0 Å². The van der Waals surface area contributed by atoms with E-state index in [2.05, 4.69) is 68.9 Å². The molecular weight excluding hydrogens is 246 g/mol. The SMILES string of the molecule is CCNC(C)c1ccc(N(CC(C)C)CC(C)C)nc1. The van der Waals surface area contributed by atoms with Crippen LogP contribution >= 0.6 is 0 Å². The molecule has 0 saturated carbocycles. The second-order valence-corrected chi connectivity index (χ2v) is 6.42. The standard InChI is InChI=1S/C17H31N3/c1-7-18-15(6)16-8-9-17(19-10-16)20(11-13(2)3)12-14(4)5/h8-10,13-15,18H,7,11-12H2,1-6H3. The normalized spacial score (nSPS) is 13.0. The van der Waals surface area contributed by atoms with Gasteiger partial charge in [-0.2, -0.15) is 0 Å². The third-order valence-corrected chi connectivity index (χ3v) is 3.28. The molecule has 0 aromatic carbocycles. The Morgan fingerprint density at radius 2 is 1.65 bits per heavy atom. The first-order valence-corrected chi connectivity index (χ1v) is 7.88. The monoisotopic (exact) mass is 277 g/mol. The highest BCUT2D eigenvalue weighted by Crippen LogP contribution is 2.18.